The number of aromatic amines is 1. The summed E-state index contributed by atoms with van der Waals surface area (Å²) in [6.45, 7) is 0.597. The quantitative estimate of drug-likeness (QED) is 0.733. The number of benzene rings is 1. The minimum Gasteiger partial charge on any atom is -0.467 e. The van der Waals surface area contributed by atoms with E-state index in [-0.39, 0.29) is 6.04 Å². The Balaban J connectivity index is 1.81. The van der Waals surface area contributed by atoms with Crippen LogP contribution in [0.4, 0.5) is 0 Å². The summed E-state index contributed by atoms with van der Waals surface area (Å²) in [5.41, 5.74) is 1.15. The minimum absolute atomic E-state index is 0.00120. The second-order valence-corrected chi connectivity index (χ2v) is 4.17. The van der Waals surface area contributed by atoms with Crippen LogP contribution in [0.2, 0.25) is 0 Å². The van der Waals surface area contributed by atoms with Crippen molar-refractivity contribution in [2.75, 3.05) is 0 Å². The second kappa shape index (κ2) is 5.49. The Labute approximate surface area is 110 Å². The summed E-state index contributed by atoms with van der Waals surface area (Å²) >= 11 is 0. The number of rotatable bonds is 5. The van der Waals surface area contributed by atoms with Gasteiger partial charge in [-0.2, -0.15) is 5.10 Å². The van der Waals surface area contributed by atoms with Gasteiger partial charge in [-0.15, -0.1) is 0 Å². The molecule has 2 N–H and O–H groups in total. The molecule has 0 aliphatic rings. The molecular formula is C14H14N4O. The monoisotopic (exact) mass is 254 g/mol. The molecule has 0 radical (unpaired) electrons. The third kappa shape index (κ3) is 2.71. The normalized spacial score (nSPS) is 12.4. The van der Waals surface area contributed by atoms with E-state index in [9.17, 15) is 0 Å². The summed E-state index contributed by atoms with van der Waals surface area (Å²) < 4.78 is 5.51. The Morgan fingerprint density at radius 2 is 2.05 bits per heavy atom. The molecule has 0 aliphatic carbocycles. The average Bonchev–Trinajstić information content (AvgIpc) is 3.13. The van der Waals surface area contributed by atoms with Gasteiger partial charge in [-0.05, 0) is 17.7 Å². The standard InChI is InChI=1S/C14H14N4O/c1-2-5-11(6-3-1)14(12-7-4-8-19-12)15-9-13-16-10-17-18-13/h1-8,10,14-15H,9H2,(H,16,17,18). The molecule has 0 saturated carbocycles. The topological polar surface area (TPSA) is 66.7 Å². The Hall–Kier alpha value is -2.40. The van der Waals surface area contributed by atoms with E-state index in [1.165, 1.54) is 6.33 Å². The fourth-order valence-electron chi connectivity index (χ4n) is 2.00. The number of hydrogen-bond acceptors (Lipinski definition) is 4. The Bertz CT molecular complexity index is 590. The second-order valence-electron chi connectivity index (χ2n) is 4.17. The number of nitrogens with one attached hydrogen (secondary N) is 2. The van der Waals surface area contributed by atoms with E-state index in [0.29, 0.717) is 6.54 Å². The first-order valence-corrected chi connectivity index (χ1v) is 6.09. The van der Waals surface area contributed by atoms with Crippen LogP contribution in [-0.4, -0.2) is 15.2 Å². The van der Waals surface area contributed by atoms with Crippen LogP contribution in [0.15, 0.2) is 59.5 Å². The SMILES string of the molecule is c1ccc(C(NCc2ncn[nH]2)c2ccco2)cc1. The highest BCUT2D eigenvalue weighted by molar-refractivity contribution is 5.26. The minimum atomic E-state index is 0.00120. The molecule has 0 fully saturated rings. The van der Waals surface area contributed by atoms with Gasteiger partial charge in [0.15, 0.2) is 0 Å². The third-order valence-corrected chi connectivity index (χ3v) is 2.90. The van der Waals surface area contributed by atoms with Crippen molar-refractivity contribution in [2.24, 2.45) is 0 Å². The van der Waals surface area contributed by atoms with Crippen LogP contribution in [0.5, 0.6) is 0 Å². The van der Waals surface area contributed by atoms with Gasteiger partial charge in [0, 0.05) is 0 Å². The highest BCUT2D eigenvalue weighted by Crippen LogP contribution is 2.22. The lowest BCUT2D eigenvalue weighted by molar-refractivity contribution is 0.443. The van der Waals surface area contributed by atoms with Crippen LogP contribution in [0, 0.1) is 0 Å². The van der Waals surface area contributed by atoms with Crippen LogP contribution in [-0.2, 0) is 6.54 Å². The van der Waals surface area contributed by atoms with E-state index in [4.69, 9.17) is 4.42 Å². The summed E-state index contributed by atoms with van der Waals surface area (Å²) in [6.07, 6.45) is 3.18. The largest absolute Gasteiger partial charge is 0.467 e. The lowest BCUT2D eigenvalue weighted by atomic mass is 10.0. The lowest BCUT2D eigenvalue weighted by Crippen LogP contribution is -2.22. The number of furan rings is 1. The fraction of sp³-hybridized carbons (Fsp3) is 0.143. The van der Waals surface area contributed by atoms with Crippen molar-refractivity contribution in [1.29, 1.82) is 0 Å². The van der Waals surface area contributed by atoms with Crippen molar-refractivity contribution in [3.63, 3.8) is 0 Å². The number of nitrogens with zero attached hydrogens (tertiary/aromatic N) is 2. The summed E-state index contributed by atoms with van der Waals surface area (Å²) in [7, 11) is 0. The summed E-state index contributed by atoms with van der Waals surface area (Å²) in [6, 6.07) is 14.0. The van der Waals surface area contributed by atoms with Crippen molar-refractivity contribution < 1.29 is 4.42 Å². The smallest absolute Gasteiger partial charge is 0.138 e. The van der Waals surface area contributed by atoms with Gasteiger partial charge in [0.05, 0.1) is 18.8 Å². The molecule has 0 bridgehead atoms. The predicted octanol–water partition coefficient (Wildman–Crippen LogP) is 2.28. The zero-order chi connectivity index (χ0) is 12.9. The maximum atomic E-state index is 5.51. The summed E-state index contributed by atoms with van der Waals surface area (Å²) in [4.78, 5) is 4.10. The summed E-state index contributed by atoms with van der Waals surface area (Å²) in [5, 5.41) is 10.1. The van der Waals surface area contributed by atoms with Gasteiger partial charge in [0.1, 0.15) is 17.9 Å². The van der Waals surface area contributed by atoms with Gasteiger partial charge < -0.3 is 4.42 Å². The van der Waals surface area contributed by atoms with Gasteiger partial charge in [-0.3, -0.25) is 10.4 Å². The average molecular weight is 254 g/mol. The number of aromatic nitrogens is 3. The Morgan fingerprint density at radius 3 is 2.74 bits per heavy atom. The van der Waals surface area contributed by atoms with E-state index in [1.807, 2.05) is 30.3 Å². The predicted molar refractivity (Wildman–Crippen MR) is 70.2 cm³/mol. The first-order valence-electron chi connectivity index (χ1n) is 6.09. The molecule has 3 rings (SSSR count). The van der Waals surface area contributed by atoms with Gasteiger partial charge in [0.2, 0.25) is 0 Å². The highest BCUT2D eigenvalue weighted by atomic mass is 16.3. The van der Waals surface area contributed by atoms with E-state index in [1.54, 1.807) is 6.26 Å². The zero-order valence-electron chi connectivity index (χ0n) is 10.3. The van der Waals surface area contributed by atoms with Gasteiger partial charge in [-0.25, -0.2) is 4.98 Å². The molecule has 0 saturated heterocycles. The first kappa shape index (κ1) is 11.7. The molecule has 0 spiro atoms. The number of hydrogen-bond donors (Lipinski definition) is 2. The maximum absolute atomic E-state index is 5.51. The van der Waals surface area contributed by atoms with E-state index >= 15 is 0 Å². The third-order valence-electron chi connectivity index (χ3n) is 2.90. The van der Waals surface area contributed by atoms with Crippen molar-refractivity contribution in [3.05, 3.63) is 72.2 Å². The molecular weight excluding hydrogens is 240 g/mol. The molecule has 1 aromatic carbocycles. The van der Waals surface area contributed by atoms with Crippen molar-refractivity contribution in [1.82, 2.24) is 20.5 Å². The van der Waals surface area contributed by atoms with Crippen LogP contribution in [0.25, 0.3) is 0 Å². The molecule has 1 atom stereocenters. The van der Waals surface area contributed by atoms with E-state index in [0.717, 1.165) is 17.1 Å². The molecule has 5 heteroatoms. The summed E-state index contributed by atoms with van der Waals surface area (Å²) in [5.74, 6) is 1.68. The highest BCUT2D eigenvalue weighted by Gasteiger charge is 2.16. The van der Waals surface area contributed by atoms with Gasteiger partial charge >= 0.3 is 0 Å². The van der Waals surface area contributed by atoms with Gasteiger partial charge in [0.25, 0.3) is 0 Å². The molecule has 2 aromatic heterocycles. The molecule has 1 unspecified atom stereocenters. The van der Waals surface area contributed by atoms with Crippen LogP contribution < -0.4 is 5.32 Å². The molecule has 0 aliphatic heterocycles. The van der Waals surface area contributed by atoms with E-state index < -0.39 is 0 Å². The Morgan fingerprint density at radius 1 is 1.16 bits per heavy atom. The van der Waals surface area contributed by atoms with Crippen LogP contribution in [0.1, 0.15) is 23.2 Å². The van der Waals surface area contributed by atoms with Crippen LogP contribution in [0.3, 0.4) is 0 Å². The fourth-order valence-corrected chi connectivity index (χ4v) is 2.00. The molecule has 3 aromatic rings. The van der Waals surface area contributed by atoms with Crippen LogP contribution >= 0.6 is 0 Å². The Kier molecular flexibility index (Phi) is 3.38. The van der Waals surface area contributed by atoms with Crippen molar-refractivity contribution in [3.8, 4) is 0 Å². The van der Waals surface area contributed by atoms with E-state index in [2.05, 4.69) is 32.6 Å². The number of H-pyrrole nitrogens is 1. The molecule has 5 nitrogen and oxygen atoms in total. The van der Waals surface area contributed by atoms with Gasteiger partial charge in [-0.1, -0.05) is 30.3 Å². The van der Waals surface area contributed by atoms with Crippen molar-refractivity contribution in [2.45, 2.75) is 12.6 Å². The molecule has 96 valence electrons. The molecule has 19 heavy (non-hydrogen) atoms. The lowest BCUT2D eigenvalue weighted by Gasteiger charge is -2.16. The molecule has 0 amide bonds. The van der Waals surface area contributed by atoms with Crippen molar-refractivity contribution >= 4 is 0 Å². The zero-order valence-corrected chi connectivity index (χ0v) is 10.3. The maximum Gasteiger partial charge on any atom is 0.138 e. The first-order chi connectivity index (χ1) is 9.43. The molecule has 2 heterocycles.